The highest BCUT2D eigenvalue weighted by Gasteiger charge is 2.17. The van der Waals surface area contributed by atoms with Crippen LogP contribution in [0.25, 0.3) is 0 Å². The molecule has 1 aromatic heterocycles. The van der Waals surface area contributed by atoms with Crippen molar-refractivity contribution in [1.29, 1.82) is 0 Å². The Bertz CT molecular complexity index is 518. The van der Waals surface area contributed by atoms with Gasteiger partial charge in [-0.05, 0) is 27.6 Å². The number of halogens is 3. The average Bonchev–Trinajstić information content (AvgIpc) is 2.74. The number of alkyl halides is 2. The third-order valence-electron chi connectivity index (χ3n) is 2.28. The van der Waals surface area contributed by atoms with E-state index in [1.165, 1.54) is 29.5 Å². The van der Waals surface area contributed by atoms with E-state index in [9.17, 15) is 13.9 Å². The minimum atomic E-state index is -2.54. The van der Waals surface area contributed by atoms with Gasteiger partial charge >= 0.3 is 0 Å². The minimum absolute atomic E-state index is 0.0952. The summed E-state index contributed by atoms with van der Waals surface area (Å²) in [7, 11) is 0. The van der Waals surface area contributed by atoms with Gasteiger partial charge in [0.05, 0.1) is 10.4 Å². The first-order chi connectivity index (χ1) is 8.09. The quantitative estimate of drug-likeness (QED) is 0.930. The number of aliphatic hydroxyl groups excluding tert-OH is 1. The molecule has 0 aliphatic rings. The highest BCUT2D eigenvalue weighted by Crippen LogP contribution is 2.32. The Morgan fingerprint density at radius 1 is 1.29 bits per heavy atom. The smallest absolute Gasteiger partial charge is 0.263 e. The standard InChI is InChI=1S/C11H8BrF2NOS/c12-10-9(17-5-15-10)8(16)6-2-1-3-7(4-6)11(13)14/h1-5,8,11,16H. The first-order valence-corrected chi connectivity index (χ1v) is 6.42. The van der Waals surface area contributed by atoms with E-state index in [0.29, 0.717) is 15.0 Å². The molecule has 0 aliphatic heterocycles. The van der Waals surface area contributed by atoms with E-state index < -0.39 is 12.5 Å². The predicted molar refractivity (Wildman–Crippen MR) is 65.3 cm³/mol. The van der Waals surface area contributed by atoms with Gasteiger partial charge in [-0.15, -0.1) is 11.3 Å². The molecule has 1 heterocycles. The van der Waals surface area contributed by atoms with E-state index in [0.717, 1.165) is 0 Å². The summed E-state index contributed by atoms with van der Waals surface area (Å²) in [5.74, 6) is 0. The van der Waals surface area contributed by atoms with Crippen LogP contribution in [0, 0.1) is 0 Å². The lowest BCUT2D eigenvalue weighted by Gasteiger charge is -2.10. The fraction of sp³-hybridized carbons (Fsp3) is 0.182. The van der Waals surface area contributed by atoms with Gasteiger partial charge < -0.3 is 5.11 Å². The van der Waals surface area contributed by atoms with Gasteiger partial charge in [-0.2, -0.15) is 0 Å². The van der Waals surface area contributed by atoms with Crippen molar-refractivity contribution in [2.75, 3.05) is 0 Å². The van der Waals surface area contributed by atoms with Gasteiger partial charge in [0.2, 0.25) is 0 Å². The molecule has 0 spiro atoms. The Morgan fingerprint density at radius 3 is 2.59 bits per heavy atom. The Labute approximate surface area is 109 Å². The van der Waals surface area contributed by atoms with Gasteiger partial charge in [0.25, 0.3) is 6.43 Å². The van der Waals surface area contributed by atoms with Crippen molar-refractivity contribution in [3.8, 4) is 0 Å². The first-order valence-electron chi connectivity index (χ1n) is 4.74. The van der Waals surface area contributed by atoms with Crippen LogP contribution in [-0.4, -0.2) is 10.1 Å². The van der Waals surface area contributed by atoms with E-state index in [2.05, 4.69) is 20.9 Å². The highest BCUT2D eigenvalue weighted by molar-refractivity contribution is 9.10. The summed E-state index contributed by atoms with van der Waals surface area (Å²) in [5, 5.41) is 10.1. The molecule has 17 heavy (non-hydrogen) atoms. The second kappa shape index (κ2) is 5.20. The molecule has 1 atom stereocenters. The van der Waals surface area contributed by atoms with Crippen molar-refractivity contribution < 1.29 is 13.9 Å². The normalized spacial score (nSPS) is 13.0. The van der Waals surface area contributed by atoms with Crippen LogP contribution in [0.2, 0.25) is 0 Å². The molecule has 1 aromatic carbocycles. The van der Waals surface area contributed by atoms with Crippen LogP contribution < -0.4 is 0 Å². The average molecular weight is 320 g/mol. The zero-order valence-corrected chi connectivity index (χ0v) is 10.9. The molecule has 2 aromatic rings. The number of aliphatic hydroxyl groups is 1. The molecule has 2 nitrogen and oxygen atoms in total. The van der Waals surface area contributed by atoms with E-state index in [1.54, 1.807) is 11.6 Å². The van der Waals surface area contributed by atoms with Crippen LogP contribution in [0.4, 0.5) is 8.78 Å². The SMILES string of the molecule is OC(c1cccc(C(F)F)c1)c1scnc1Br. The van der Waals surface area contributed by atoms with Crippen molar-refractivity contribution in [2.45, 2.75) is 12.5 Å². The topological polar surface area (TPSA) is 33.1 Å². The Morgan fingerprint density at radius 2 is 2.00 bits per heavy atom. The van der Waals surface area contributed by atoms with Crippen LogP contribution in [0.1, 0.15) is 28.5 Å². The number of thiazole rings is 1. The number of hydrogen-bond acceptors (Lipinski definition) is 3. The van der Waals surface area contributed by atoms with Gasteiger partial charge in [0.1, 0.15) is 10.7 Å². The maximum atomic E-state index is 12.5. The minimum Gasteiger partial charge on any atom is -0.383 e. The lowest BCUT2D eigenvalue weighted by Crippen LogP contribution is -1.99. The maximum absolute atomic E-state index is 12.5. The molecular formula is C11H8BrF2NOS. The number of aromatic nitrogens is 1. The molecule has 6 heteroatoms. The highest BCUT2D eigenvalue weighted by atomic mass is 79.9. The van der Waals surface area contributed by atoms with Gasteiger partial charge in [-0.3, -0.25) is 0 Å². The second-order valence-corrected chi connectivity index (χ2v) is 5.02. The molecule has 0 amide bonds. The molecule has 0 fully saturated rings. The van der Waals surface area contributed by atoms with E-state index >= 15 is 0 Å². The van der Waals surface area contributed by atoms with Crippen LogP contribution >= 0.6 is 27.3 Å². The lowest BCUT2D eigenvalue weighted by molar-refractivity contribution is 0.150. The summed E-state index contributed by atoms with van der Waals surface area (Å²) in [5.41, 5.74) is 1.93. The summed E-state index contributed by atoms with van der Waals surface area (Å²) in [6.07, 6.45) is -3.47. The molecule has 1 N–H and O–H groups in total. The lowest BCUT2D eigenvalue weighted by atomic mass is 10.1. The van der Waals surface area contributed by atoms with Crippen molar-refractivity contribution in [3.05, 3.63) is 50.4 Å². The fourth-order valence-corrected chi connectivity index (χ4v) is 2.86. The Hall–Kier alpha value is -0.850. The number of nitrogens with zero attached hydrogens (tertiary/aromatic N) is 1. The zero-order chi connectivity index (χ0) is 12.4. The van der Waals surface area contributed by atoms with E-state index in [4.69, 9.17) is 0 Å². The van der Waals surface area contributed by atoms with Crippen LogP contribution in [0.5, 0.6) is 0 Å². The third kappa shape index (κ3) is 2.70. The molecule has 0 bridgehead atoms. The summed E-state index contributed by atoms with van der Waals surface area (Å²) >= 11 is 4.47. The van der Waals surface area contributed by atoms with Crippen LogP contribution in [-0.2, 0) is 0 Å². The molecule has 0 radical (unpaired) electrons. The zero-order valence-electron chi connectivity index (χ0n) is 8.48. The Balaban J connectivity index is 2.34. The fourth-order valence-electron chi connectivity index (χ4n) is 1.44. The largest absolute Gasteiger partial charge is 0.383 e. The van der Waals surface area contributed by atoms with Gasteiger partial charge in [0.15, 0.2) is 0 Å². The van der Waals surface area contributed by atoms with Crippen LogP contribution in [0.15, 0.2) is 34.4 Å². The monoisotopic (exact) mass is 319 g/mol. The van der Waals surface area contributed by atoms with Crippen molar-refractivity contribution in [3.63, 3.8) is 0 Å². The van der Waals surface area contributed by atoms with Crippen molar-refractivity contribution >= 4 is 27.3 Å². The maximum Gasteiger partial charge on any atom is 0.263 e. The van der Waals surface area contributed by atoms with E-state index in [-0.39, 0.29) is 5.56 Å². The first kappa shape index (κ1) is 12.6. The number of hydrogen-bond donors (Lipinski definition) is 1. The van der Waals surface area contributed by atoms with Crippen molar-refractivity contribution in [1.82, 2.24) is 4.98 Å². The van der Waals surface area contributed by atoms with Gasteiger partial charge in [-0.25, -0.2) is 13.8 Å². The molecule has 90 valence electrons. The molecule has 1 unspecified atom stereocenters. The summed E-state index contributed by atoms with van der Waals surface area (Å²) < 4.78 is 25.6. The van der Waals surface area contributed by atoms with Gasteiger partial charge in [-0.1, -0.05) is 18.2 Å². The van der Waals surface area contributed by atoms with Crippen LogP contribution in [0.3, 0.4) is 0 Å². The number of rotatable bonds is 3. The summed E-state index contributed by atoms with van der Waals surface area (Å²) in [4.78, 5) is 4.56. The van der Waals surface area contributed by atoms with Crippen molar-refractivity contribution in [2.24, 2.45) is 0 Å². The molecule has 0 saturated carbocycles. The molecule has 0 aliphatic carbocycles. The van der Waals surface area contributed by atoms with Gasteiger partial charge in [0, 0.05) is 5.56 Å². The predicted octanol–water partition coefficient (Wildman–Crippen LogP) is 3.92. The molecule has 2 rings (SSSR count). The summed E-state index contributed by atoms with van der Waals surface area (Å²) in [6.45, 7) is 0. The third-order valence-corrected chi connectivity index (χ3v) is 4.05. The second-order valence-electron chi connectivity index (χ2n) is 3.38. The molecular weight excluding hydrogens is 312 g/mol. The Kier molecular flexibility index (Phi) is 3.86. The summed E-state index contributed by atoms with van der Waals surface area (Å²) in [6, 6.07) is 5.77. The molecule has 0 saturated heterocycles. The number of benzene rings is 1. The van der Waals surface area contributed by atoms with E-state index in [1.807, 2.05) is 0 Å².